The van der Waals surface area contributed by atoms with Crippen LogP contribution < -0.4 is 15.0 Å². The maximum Gasteiger partial charge on any atom is 0.315 e. The van der Waals surface area contributed by atoms with Crippen molar-refractivity contribution in [1.29, 1.82) is 0 Å². The van der Waals surface area contributed by atoms with Gasteiger partial charge in [-0.15, -0.1) is 0 Å². The van der Waals surface area contributed by atoms with E-state index in [1.165, 1.54) is 32.4 Å². The molecule has 11 heteroatoms. The molecule has 1 N–H and O–H groups in total. The molecule has 0 aliphatic rings. The number of aromatic amines is 1. The standard InChI is InChI=1S/C15H17N5O5S/c1-4-5-25-13-11(20(22)23)6-10(7-12(13)24-3)8-16-19-14(21)9(2)17-18-15(19)26/h6-8H,4-5H2,1-3H3,(H,18,26)/b16-8-. The van der Waals surface area contributed by atoms with Crippen molar-refractivity contribution in [3.63, 3.8) is 0 Å². The van der Waals surface area contributed by atoms with Crippen molar-refractivity contribution in [3.05, 3.63) is 48.6 Å². The van der Waals surface area contributed by atoms with E-state index in [1.807, 2.05) is 6.92 Å². The van der Waals surface area contributed by atoms with E-state index in [2.05, 4.69) is 15.3 Å². The fourth-order valence-electron chi connectivity index (χ4n) is 2.02. The number of H-pyrrole nitrogens is 1. The minimum Gasteiger partial charge on any atom is -0.493 e. The molecule has 0 aliphatic carbocycles. The smallest absolute Gasteiger partial charge is 0.315 e. The molecule has 0 saturated carbocycles. The van der Waals surface area contributed by atoms with E-state index in [9.17, 15) is 14.9 Å². The molecule has 2 rings (SSSR count). The number of hydrogen-bond acceptors (Lipinski definition) is 8. The Kier molecular flexibility index (Phi) is 6.17. The average molecular weight is 379 g/mol. The highest BCUT2D eigenvalue weighted by Gasteiger charge is 2.22. The number of nitro benzene ring substituents is 1. The van der Waals surface area contributed by atoms with Crippen LogP contribution in [0, 0.1) is 21.8 Å². The molecule has 10 nitrogen and oxygen atoms in total. The van der Waals surface area contributed by atoms with E-state index in [0.717, 1.165) is 4.68 Å². The Balaban J connectivity index is 2.53. The number of aryl methyl sites for hydroxylation is 1. The quantitative estimate of drug-likeness (QED) is 0.338. The number of aromatic nitrogens is 3. The molecule has 1 aromatic carbocycles. The van der Waals surface area contributed by atoms with Gasteiger partial charge in [0.1, 0.15) is 5.69 Å². The minimum atomic E-state index is -0.570. The van der Waals surface area contributed by atoms with Gasteiger partial charge in [-0.1, -0.05) is 6.92 Å². The normalized spacial score (nSPS) is 10.9. The van der Waals surface area contributed by atoms with Crippen LogP contribution in [0.2, 0.25) is 0 Å². The molecule has 138 valence electrons. The van der Waals surface area contributed by atoms with Gasteiger partial charge in [0, 0.05) is 11.6 Å². The second-order valence-corrected chi connectivity index (χ2v) is 5.54. The van der Waals surface area contributed by atoms with Gasteiger partial charge in [0.25, 0.3) is 5.56 Å². The molecule has 0 saturated heterocycles. The summed E-state index contributed by atoms with van der Waals surface area (Å²) in [6, 6.07) is 2.80. The molecular formula is C15H17N5O5S. The van der Waals surface area contributed by atoms with Crippen LogP contribution in [0.15, 0.2) is 22.0 Å². The van der Waals surface area contributed by atoms with E-state index >= 15 is 0 Å². The molecule has 2 aromatic rings. The van der Waals surface area contributed by atoms with Crippen LogP contribution in [0.1, 0.15) is 24.6 Å². The summed E-state index contributed by atoms with van der Waals surface area (Å²) in [5, 5.41) is 21.6. The Hall–Kier alpha value is -3.08. The summed E-state index contributed by atoms with van der Waals surface area (Å²) in [7, 11) is 1.38. The van der Waals surface area contributed by atoms with Crippen LogP contribution in [0.5, 0.6) is 11.5 Å². The van der Waals surface area contributed by atoms with Crippen LogP contribution in [-0.2, 0) is 0 Å². The highest BCUT2D eigenvalue weighted by molar-refractivity contribution is 7.71. The molecular weight excluding hydrogens is 362 g/mol. The Labute approximate surface area is 153 Å². The van der Waals surface area contributed by atoms with Crippen molar-refractivity contribution < 1.29 is 14.4 Å². The number of rotatable bonds is 7. The molecule has 0 atom stereocenters. The summed E-state index contributed by atoms with van der Waals surface area (Å²) >= 11 is 4.98. The Bertz CT molecular complexity index is 966. The molecule has 0 fully saturated rings. The van der Waals surface area contributed by atoms with Crippen molar-refractivity contribution in [1.82, 2.24) is 14.9 Å². The maximum atomic E-state index is 12.0. The van der Waals surface area contributed by atoms with Crippen LogP contribution in [0.25, 0.3) is 0 Å². The highest BCUT2D eigenvalue weighted by atomic mass is 32.1. The molecule has 0 spiro atoms. The second-order valence-electron chi connectivity index (χ2n) is 5.15. The first-order chi connectivity index (χ1) is 12.4. The Morgan fingerprint density at radius 1 is 1.50 bits per heavy atom. The van der Waals surface area contributed by atoms with E-state index < -0.39 is 10.5 Å². The van der Waals surface area contributed by atoms with Gasteiger partial charge >= 0.3 is 5.69 Å². The van der Waals surface area contributed by atoms with Gasteiger partial charge in [-0.2, -0.15) is 14.9 Å². The first kappa shape index (κ1) is 19.2. The van der Waals surface area contributed by atoms with E-state index in [-0.39, 0.29) is 27.7 Å². The van der Waals surface area contributed by atoms with Crippen molar-refractivity contribution in [2.24, 2.45) is 5.10 Å². The predicted octanol–water partition coefficient (Wildman–Crippen LogP) is 2.20. The third-order valence-corrected chi connectivity index (χ3v) is 3.52. The van der Waals surface area contributed by atoms with Gasteiger partial charge in [-0.25, -0.2) is 0 Å². The molecule has 0 aliphatic heterocycles. The van der Waals surface area contributed by atoms with Crippen LogP contribution in [0.4, 0.5) is 5.69 Å². The number of nitro groups is 1. The highest BCUT2D eigenvalue weighted by Crippen LogP contribution is 2.38. The number of benzene rings is 1. The predicted molar refractivity (Wildman–Crippen MR) is 96.8 cm³/mol. The minimum absolute atomic E-state index is 0.00112. The molecule has 26 heavy (non-hydrogen) atoms. The number of methoxy groups -OCH3 is 1. The topological polar surface area (TPSA) is 125 Å². The fourth-order valence-corrected chi connectivity index (χ4v) is 2.20. The van der Waals surface area contributed by atoms with Gasteiger partial charge in [0.15, 0.2) is 5.75 Å². The molecule has 1 aromatic heterocycles. The maximum absolute atomic E-state index is 12.0. The summed E-state index contributed by atoms with van der Waals surface area (Å²) in [6.07, 6.45) is 1.95. The van der Waals surface area contributed by atoms with Gasteiger partial charge in [0.05, 0.1) is 24.9 Å². The van der Waals surface area contributed by atoms with Gasteiger partial charge < -0.3 is 9.47 Å². The van der Waals surface area contributed by atoms with Gasteiger partial charge in [-0.3, -0.25) is 20.0 Å². The SMILES string of the molecule is CCCOc1c(OC)cc(/C=N\n2c(=S)[nH]nc(C)c2=O)cc1[N+](=O)[O-]. The van der Waals surface area contributed by atoms with E-state index in [1.54, 1.807) is 0 Å². The number of hydrogen-bond donors (Lipinski definition) is 1. The summed E-state index contributed by atoms with van der Waals surface area (Å²) < 4.78 is 11.6. The summed E-state index contributed by atoms with van der Waals surface area (Å²) in [4.78, 5) is 22.8. The van der Waals surface area contributed by atoms with Crippen LogP contribution >= 0.6 is 12.2 Å². The molecule has 0 radical (unpaired) electrons. The lowest BCUT2D eigenvalue weighted by molar-refractivity contribution is -0.386. The van der Waals surface area contributed by atoms with Crippen LogP contribution in [0.3, 0.4) is 0 Å². The molecule has 0 amide bonds. The first-order valence-corrected chi connectivity index (χ1v) is 8.01. The lowest BCUT2D eigenvalue weighted by Gasteiger charge is -2.11. The zero-order valence-corrected chi connectivity index (χ0v) is 15.2. The Morgan fingerprint density at radius 3 is 2.85 bits per heavy atom. The molecule has 0 bridgehead atoms. The molecule has 1 heterocycles. The van der Waals surface area contributed by atoms with Crippen molar-refractivity contribution in [2.75, 3.05) is 13.7 Å². The number of nitrogens with one attached hydrogen (secondary N) is 1. The first-order valence-electron chi connectivity index (χ1n) is 7.61. The molecule has 0 unspecified atom stereocenters. The Morgan fingerprint density at radius 2 is 2.23 bits per heavy atom. The van der Waals surface area contributed by atoms with Gasteiger partial charge in [-0.05, 0) is 31.6 Å². The van der Waals surface area contributed by atoms with Gasteiger partial charge in [0.2, 0.25) is 10.5 Å². The van der Waals surface area contributed by atoms with Crippen molar-refractivity contribution in [3.8, 4) is 11.5 Å². The lowest BCUT2D eigenvalue weighted by Crippen LogP contribution is -2.22. The van der Waals surface area contributed by atoms with E-state index in [0.29, 0.717) is 18.6 Å². The van der Waals surface area contributed by atoms with Crippen molar-refractivity contribution >= 4 is 24.1 Å². The summed E-state index contributed by atoms with van der Waals surface area (Å²) in [5.74, 6) is 0.239. The fraction of sp³-hybridized carbons (Fsp3) is 0.333. The lowest BCUT2D eigenvalue weighted by atomic mass is 10.2. The van der Waals surface area contributed by atoms with Crippen LogP contribution in [-0.4, -0.2) is 39.7 Å². The summed E-state index contributed by atoms with van der Waals surface area (Å²) in [5.41, 5.74) is -0.229. The average Bonchev–Trinajstić information content (AvgIpc) is 2.62. The zero-order chi connectivity index (χ0) is 19.3. The monoisotopic (exact) mass is 379 g/mol. The number of ether oxygens (including phenoxy) is 2. The number of nitrogens with zero attached hydrogens (tertiary/aromatic N) is 4. The van der Waals surface area contributed by atoms with E-state index in [4.69, 9.17) is 21.7 Å². The summed E-state index contributed by atoms with van der Waals surface area (Å²) in [6.45, 7) is 3.70. The third kappa shape index (κ3) is 4.11. The largest absolute Gasteiger partial charge is 0.493 e. The van der Waals surface area contributed by atoms with Crippen molar-refractivity contribution in [2.45, 2.75) is 20.3 Å². The second kappa shape index (κ2) is 8.34. The zero-order valence-electron chi connectivity index (χ0n) is 14.4. The third-order valence-electron chi connectivity index (χ3n) is 3.26.